The lowest BCUT2D eigenvalue weighted by Gasteiger charge is -2.25. The molecule has 1 aliphatic heterocycles. The molecule has 5 heteroatoms. The summed E-state index contributed by atoms with van der Waals surface area (Å²) < 4.78 is 2.08. The Kier molecular flexibility index (Phi) is 2.97. The molecule has 0 saturated carbocycles. The van der Waals surface area contributed by atoms with E-state index in [1.54, 1.807) is 16.7 Å². The van der Waals surface area contributed by atoms with Gasteiger partial charge in [0.05, 0.1) is 17.1 Å². The molecule has 0 fully saturated rings. The zero-order valence-corrected chi connectivity index (χ0v) is 13.2. The van der Waals surface area contributed by atoms with Gasteiger partial charge < -0.3 is 9.30 Å². The number of pyridine rings is 1. The van der Waals surface area contributed by atoms with Crippen LogP contribution in [-0.4, -0.2) is 28.1 Å². The standard InChI is InChI=1S/C17H15N3OS/c1-11-17(18-15-5-3-4-8-20(11)15)12-6-7-14-13(9-12)19(2)16(21)10-22-14/h3-9H,10H2,1-2H3. The normalized spacial score (nSPS) is 14.5. The van der Waals surface area contributed by atoms with E-state index < -0.39 is 0 Å². The molecule has 0 spiro atoms. The summed E-state index contributed by atoms with van der Waals surface area (Å²) in [7, 11) is 1.83. The van der Waals surface area contributed by atoms with Crippen LogP contribution in [0.15, 0.2) is 47.5 Å². The Balaban J connectivity index is 1.89. The Labute approximate surface area is 132 Å². The fraction of sp³-hybridized carbons (Fsp3) is 0.176. The second kappa shape index (κ2) is 4.88. The summed E-state index contributed by atoms with van der Waals surface area (Å²) in [6.07, 6.45) is 2.02. The van der Waals surface area contributed by atoms with Crippen LogP contribution in [-0.2, 0) is 4.79 Å². The van der Waals surface area contributed by atoms with Gasteiger partial charge in [0.1, 0.15) is 5.65 Å². The second-order valence-electron chi connectivity index (χ2n) is 5.40. The summed E-state index contributed by atoms with van der Waals surface area (Å²) in [4.78, 5) is 19.5. The van der Waals surface area contributed by atoms with Gasteiger partial charge in [-0.2, -0.15) is 0 Å². The number of aryl methyl sites for hydroxylation is 1. The molecule has 110 valence electrons. The van der Waals surface area contributed by atoms with E-state index in [2.05, 4.69) is 29.5 Å². The van der Waals surface area contributed by atoms with Crippen LogP contribution in [0.2, 0.25) is 0 Å². The molecule has 0 saturated heterocycles. The van der Waals surface area contributed by atoms with E-state index in [1.165, 1.54) is 0 Å². The van der Waals surface area contributed by atoms with Gasteiger partial charge in [0, 0.05) is 29.4 Å². The first-order valence-electron chi connectivity index (χ1n) is 7.12. The minimum Gasteiger partial charge on any atom is -0.314 e. The van der Waals surface area contributed by atoms with Crippen LogP contribution in [0, 0.1) is 6.92 Å². The average molecular weight is 309 g/mol. The minimum atomic E-state index is 0.140. The lowest BCUT2D eigenvalue weighted by molar-refractivity contribution is -0.116. The van der Waals surface area contributed by atoms with E-state index in [0.29, 0.717) is 5.75 Å². The SMILES string of the molecule is Cc1c(-c2ccc3c(c2)N(C)C(=O)CS3)nc2ccccn12. The van der Waals surface area contributed by atoms with Crippen LogP contribution in [0.25, 0.3) is 16.9 Å². The summed E-state index contributed by atoms with van der Waals surface area (Å²) >= 11 is 1.60. The van der Waals surface area contributed by atoms with E-state index in [1.807, 2.05) is 31.4 Å². The molecule has 4 nitrogen and oxygen atoms in total. The lowest BCUT2D eigenvalue weighted by atomic mass is 10.1. The molecular weight excluding hydrogens is 294 g/mol. The molecule has 3 heterocycles. The lowest BCUT2D eigenvalue weighted by Crippen LogP contribution is -2.31. The number of rotatable bonds is 1. The highest BCUT2D eigenvalue weighted by Crippen LogP contribution is 2.37. The number of carbonyl (C=O) groups excluding carboxylic acids is 1. The number of amides is 1. The third kappa shape index (κ3) is 1.93. The summed E-state index contributed by atoms with van der Waals surface area (Å²) in [5.41, 5.74) is 5.02. The fourth-order valence-electron chi connectivity index (χ4n) is 2.81. The molecule has 0 bridgehead atoms. The Bertz CT molecular complexity index is 900. The maximum absolute atomic E-state index is 11.9. The molecule has 1 aliphatic rings. The number of carbonyl (C=O) groups is 1. The van der Waals surface area contributed by atoms with Gasteiger partial charge in [-0.3, -0.25) is 4.79 Å². The van der Waals surface area contributed by atoms with Gasteiger partial charge >= 0.3 is 0 Å². The van der Waals surface area contributed by atoms with Crippen LogP contribution < -0.4 is 4.90 Å². The zero-order chi connectivity index (χ0) is 15.3. The topological polar surface area (TPSA) is 37.6 Å². The maximum Gasteiger partial charge on any atom is 0.237 e. The third-order valence-corrected chi connectivity index (χ3v) is 5.14. The van der Waals surface area contributed by atoms with Gasteiger partial charge in [-0.05, 0) is 31.2 Å². The first-order valence-corrected chi connectivity index (χ1v) is 8.11. The predicted octanol–water partition coefficient (Wildman–Crippen LogP) is 3.38. The van der Waals surface area contributed by atoms with Crippen molar-refractivity contribution >= 4 is 29.0 Å². The molecule has 4 rings (SSSR count). The molecular formula is C17H15N3OS. The van der Waals surface area contributed by atoms with Crippen molar-refractivity contribution in [2.45, 2.75) is 11.8 Å². The monoisotopic (exact) mass is 309 g/mol. The summed E-state index contributed by atoms with van der Waals surface area (Å²) in [6, 6.07) is 12.2. The molecule has 0 radical (unpaired) electrons. The van der Waals surface area contributed by atoms with Crippen molar-refractivity contribution in [2.75, 3.05) is 17.7 Å². The van der Waals surface area contributed by atoms with E-state index >= 15 is 0 Å². The molecule has 1 aromatic carbocycles. The van der Waals surface area contributed by atoms with E-state index in [4.69, 9.17) is 4.98 Å². The van der Waals surface area contributed by atoms with Gasteiger partial charge in [0.25, 0.3) is 0 Å². The first-order chi connectivity index (χ1) is 10.6. The smallest absolute Gasteiger partial charge is 0.237 e. The molecule has 22 heavy (non-hydrogen) atoms. The molecule has 3 aromatic rings. The molecule has 0 N–H and O–H groups in total. The number of hydrogen-bond acceptors (Lipinski definition) is 3. The van der Waals surface area contributed by atoms with Crippen LogP contribution in [0.4, 0.5) is 5.69 Å². The number of imidazole rings is 1. The summed E-state index contributed by atoms with van der Waals surface area (Å²) in [5, 5.41) is 0. The van der Waals surface area contributed by atoms with Crippen molar-refractivity contribution in [3.05, 3.63) is 48.3 Å². The largest absolute Gasteiger partial charge is 0.314 e. The summed E-state index contributed by atoms with van der Waals surface area (Å²) in [6.45, 7) is 2.07. The van der Waals surface area contributed by atoms with Crippen molar-refractivity contribution in [2.24, 2.45) is 0 Å². The maximum atomic E-state index is 11.9. The number of benzene rings is 1. The van der Waals surface area contributed by atoms with Gasteiger partial charge in [-0.15, -0.1) is 11.8 Å². The summed E-state index contributed by atoms with van der Waals surface area (Å²) in [5.74, 6) is 0.650. The number of fused-ring (bicyclic) bond motifs is 2. The zero-order valence-electron chi connectivity index (χ0n) is 12.4. The number of hydrogen-bond donors (Lipinski definition) is 0. The average Bonchev–Trinajstić information content (AvgIpc) is 2.88. The number of thioether (sulfide) groups is 1. The van der Waals surface area contributed by atoms with E-state index in [9.17, 15) is 4.79 Å². The van der Waals surface area contributed by atoms with Crippen molar-refractivity contribution in [1.82, 2.24) is 9.38 Å². The first kappa shape index (κ1) is 13.4. The van der Waals surface area contributed by atoms with Crippen molar-refractivity contribution in [1.29, 1.82) is 0 Å². The van der Waals surface area contributed by atoms with Crippen molar-refractivity contribution in [3.8, 4) is 11.3 Å². The Morgan fingerprint density at radius 2 is 2.09 bits per heavy atom. The van der Waals surface area contributed by atoms with Gasteiger partial charge in [0.2, 0.25) is 5.91 Å². The van der Waals surface area contributed by atoms with Gasteiger partial charge in [0.15, 0.2) is 0 Å². The molecule has 0 aliphatic carbocycles. The highest BCUT2D eigenvalue weighted by atomic mass is 32.2. The number of nitrogens with zero attached hydrogens (tertiary/aromatic N) is 3. The van der Waals surface area contributed by atoms with Crippen LogP contribution in [0.3, 0.4) is 0 Å². The highest BCUT2D eigenvalue weighted by molar-refractivity contribution is 8.00. The van der Waals surface area contributed by atoms with Crippen molar-refractivity contribution < 1.29 is 4.79 Å². The van der Waals surface area contributed by atoms with Crippen LogP contribution in [0.5, 0.6) is 0 Å². The molecule has 0 atom stereocenters. The van der Waals surface area contributed by atoms with Crippen molar-refractivity contribution in [3.63, 3.8) is 0 Å². The molecule has 0 unspecified atom stereocenters. The quantitative estimate of drug-likeness (QED) is 0.691. The van der Waals surface area contributed by atoms with Crippen LogP contribution >= 0.6 is 11.8 Å². The highest BCUT2D eigenvalue weighted by Gasteiger charge is 2.22. The Morgan fingerprint density at radius 3 is 2.91 bits per heavy atom. The predicted molar refractivity (Wildman–Crippen MR) is 89.5 cm³/mol. The van der Waals surface area contributed by atoms with E-state index in [-0.39, 0.29) is 5.91 Å². The third-order valence-electron chi connectivity index (χ3n) is 4.09. The number of anilines is 1. The second-order valence-corrected chi connectivity index (χ2v) is 6.42. The fourth-order valence-corrected chi connectivity index (χ4v) is 3.79. The van der Waals surface area contributed by atoms with Crippen LogP contribution in [0.1, 0.15) is 5.69 Å². The minimum absolute atomic E-state index is 0.140. The Morgan fingerprint density at radius 1 is 1.23 bits per heavy atom. The number of aromatic nitrogens is 2. The van der Waals surface area contributed by atoms with Gasteiger partial charge in [-0.1, -0.05) is 12.1 Å². The van der Waals surface area contributed by atoms with Gasteiger partial charge in [-0.25, -0.2) is 4.98 Å². The van der Waals surface area contributed by atoms with E-state index in [0.717, 1.165) is 33.2 Å². The Hall–Kier alpha value is -2.27. The molecule has 1 amide bonds. The molecule has 2 aromatic heterocycles.